The largest absolute Gasteiger partial charge is 0.482 e. The summed E-state index contributed by atoms with van der Waals surface area (Å²) in [6.07, 6.45) is 3.63. The van der Waals surface area contributed by atoms with Crippen LogP contribution in [-0.4, -0.2) is 43.9 Å². The van der Waals surface area contributed by atoms with Crippen molar-refractivity contribution in [3.8, 4) is 5.75 Å². The molecule has 0 radical (unpaired) electrons. The molecule has 146 valence electrons. The number of rotatable bonds is 9. The number of sulfonamides is 1. The van der Waals surface area contributed by atoms with Gasteiger partial charge in [0.2, 0.25) is 10.0 Å². The topological polar surface area (TPSA) is 105 Å². The summed E-state index contributed by atoms with van der Waals surface area (Å²) in [5.74, 6) is -0.00388. The van der Waals surface area contributed by atoms with Crippen LogP contribution in [0, 0.1) is 5.92 Å². The second-order valence-electron chi connectivity index (χ2n) is 7.02. The van der Waals surface area contributed by atoms with Gasteiger partial charge in [-0.15, -0.1) is 0 Å². The Bertz CT molecular complexity index is 697. The van der Waals surface area contributed by atoms with Crippen molar-refractivity contribution in [2.75, 3.05) is 18.5 Å². The lowest BCUT2D eigenvalue weighted by molar-refractivity contribution is -0.139. The smallest absolute Gasteiger partial charge is 0.341 e. The van der Waals surface area contributed by atoms with Crippen molar-refractivity contribution in [3.05, 3.63) is 24.3 Å². The van der Waals surface area contributed by atoms with Gasteiger partial charge in [-0.1, -0.05) is 6.07 Å². The molecule has 1 aliphatic carbocycles. The number of ether oxygens (including phenoxy) is 1. The molecule has 0 aromatic heterocycles. The van der Waals surface area contributed by atoms with Crippen LogP contribution in [0.15, 0.2) is 24.3 Å². The highest BCUT2D eigenvalue weighted by Crippen LogP contribution is 2.26. The van der Waals surface area contributed by atoms with Gasteiger partial charge in [-0.25, -0.2) is 17.9 Å². The van der Waals surface area contributed by atoms with Crippen LogP contribution in [0.4, 0.5) is 5.69 Å². The summed E-state index contributed by atoms with van der Waals surface area (Å²) in [5, 5.41) is 11.6. The number of anilines is 1. The van der Waals surface area contributed by atoms with Crippen molar-refractivity contribution in [2.24, 2.45) is 5.92 Å². The Hall–Kier alpha value is -1.80. The monoisotopic (exact) mass is 384 g/mol. The van der Waals surface area contributed by atoms with E-state index in [1.54, 1.807) is 26.0 Å². The quantitative estimate of drug-likeness (QED) is 0.604. The number of hydrogen-bond donors (Lipinski definition) is 3. The predicted octanol–water partition coefficient (Wildman–Crippen LogP) is 2.45. The molecule has 0 amide bonds. The Morgan fingerprint density at radius 3 is 2.58 bits per heavy atom. The molecule has 0 saturated heterocycles. The summed E-state index contributed by atoms with van der Waals surface area (Å²) in [4.78, 5) is 10.6. The highest BCUT2D eigenvalue weighted by atomic mass is 32.2. The Morgan fingerprint density at radius 2 is 1.96 bits per heavy atom. The van der Waals surface area contributed by atoms with Crippen LogP contribution in [0.5, 0.6) is 5.75 Å². The third kappa shape index (κ3) is 6.49. The van der Waals surface area contributed by atoms with Gasteiger partial charge >= 0.3 is 5.97 Å². The summed E-state index contributed by atoms with van der Waals surface area (Å²) in [5.41, 5.74) is 0.885. The third-order valence-corrected chi connectivity index (χ3v) is 6.49. The van der Waals surface area contributed by atoms with E-state index in [-0.39, 0.29) is 12.6 Å². The van der Waals surface area contributed by atoms with Crippen molar-refractivity contribution in [2.45, 2.75) is 50.8 Å². The van der Waals surface area contributed by atoms with Gasteiger partial charge in [-0.05, 0) is 57.6 Å². The van der Waals surface area contributed by atoms with Crippen molar-refractivity contribution in [1.29, 1.82) is 0 Å². The molecule has 1 aliphatic rings. The SMILES string of the molecule is CC(C)S(=O)(=O)NC1CCC(CNc2cccc(OCC(=O)O)c2)CC1. The van der Waals surface area contributed by atoms with Gasteiger partial charge in [0, 0.05) is 24.3 Å². The van der Waals surface area contributed by atoms with Gasteiger partial charge in [-0.3, -0.25) is 0 Å². The fraction of sp³-hybridized carbons (Fsp3) is 0.611. The Balaban J connectivity index is 1.76. The maximum Gasteiger partial charge on any atom is 0.341 e. The molecule has 0 unspecified atom stereocenters. The number of nitrogens with one attached hydrogen (secondary N) is 2. The fourth-order valence-electron chi connectivity index (χ4n) is 2.96. The van der Waals surface area contributed by atoms with E-state index in [1.165, 1.54) is 0 Å². The highest BCUT2D eigenvalue weighted by molar-refractivity contribution is 7.90. The molecule has 7 nitrogen and oxygen atoms in total. The van der Waals surface area contributed by atoms with E-state index >= 15 is 0 Å². The van der Waals surface area contributed by atoms with E-state index in [4.69, 9.17) is 9.84 Å². The molecule has 1 aromatic rings. The molecular weight excluding hydrogens is 356 g/mol. The van der Waals surface area contributed by atoms with E-state index in [0.717, 1.165) is 37.9 Å². The Labute approximate surface area is 155 Å². The maximum atomic E-state index is 11.9. The average molecular weight is 384 g/mol. The van der Waals surface area contributed by atoms with E-state index in [1.807, 2.05) is 12.1 Å². The first-order valence-electron chi connectivity index (χ1n) is 8.96. The molecule has 0 heterocycles. The minimum Gasteiger partial charge on any atom is -0.482 e. The lowest BCUT2D eigenvalue weighted by Crippen LogP contribution is -2.41. The van der Waals surface area contributed by atoms with Gasteiger partial charge in [0.1, 0.15) is 5.75 Å². The summed E-state index contributed by atoms with van der Waals surface area (Å²) < 4.78 is 31.9. The van der Waals surface area contributed by atoms with Crippen molar-refractivity contribution < 1.29 is 23.1 Å². The van der Waals surface area contributed by atoms with Crippen molar-refractivity contribution in [1.82, 2.24) is 4.72 Å². The van der Waals surface area contributed by atoms with Crippen molar-refractivity contribution >= 4 is 21.7 Å². The summed E-state index contributed by atoms with van der Waals surface area (Å²) in [6.45, 7) is 3.81. The first-order valence-corrected chi connectivity index (χ1v) is 10.5. The Morgan fingerprint density at radius 1 is 1.27 bits per heavy atom. The molecule has 0 bridgehead atoms. The molecule has 1 aromatic carbocycles. The number of carboxylic acids is 1. The normalized spacial score (nSPS) is 20.7. The second kappa shape index (κ2) is 9.23. The molecule has 0 spiro atoms. The van der Waals surface area contributed by atoms with Crippen LogP contribution in [0.2, 0.25) is 0 Å². The predicted molar refractivity (Wildman–Crippen MR) is 101 cm³/mol. The fourth-order valence-corrected chi connectivity index (χ4v) is 3.93. The van der Waals surface area contributed by atoms with E-state index in [2.05, 4.69) is 10.0 Å². The molecule has 3 N–H and O–H groups in total. The van der Waals surface area contributed by atoms with E-state index in [0.29, 0.717) is 11.7 Å². The number of hydrogen-bond acceptors (Lipinski definition) is 5. The van der Waals surface area contributed by atoms with E-state index < -0.39 is 21.2 Å². The number of aliphatic carboxylic acids is 1. The maximum absolute atomic E-state index is 11.9. The number of carboxylic acid groups (broad SMARTS) is 1. The minimum atomic E-state index is -3.21. The van der Waals surface area contributed by atoms with Gasteiger partial charge in [0.15, 0.2) is 6.61 Å². The zero-order valence-corrected chi connectivity index (χ0v) is 16.1. The lowest BCUT2D eigenvalue weighted by Gasteiger charge is -2.29. The standard InChI is InChI=1S/C18H28N2O5S/c1-13(2)26(23,24)20-15-8-6-14(7-9-15)11-19-16-4-3-5-17(10-16)25-12-18(21)22/h3-5,10,13-15,19-20H,6-9,11-12H2,1-2H3,(H,21,22). The summed E-state index contributed by atoms with van der Waals surface area (Å²) in [7, 11) is -3.21. The minimum absolute atomic E-state index is 0.0337. The van der Waals surface area contributed by atoms with Crippen LogP contribution >= 0.6 is 0 Å². The zero-order chi connectivity index (χ0) is 19.2. The third-order valence-electron chi connectivity index (χ3n) is 4.59. The zero-order valence-electron chi connectivity index (χ0n) is 15.3. The first-order chi connectivity index (χ1) is 12.3. The molecule has 2 rings (SSSR count). The average Bonchev–Trinajstić information content (AvgIpc) is 2.59. The van der Waals surface area contributed by atoms with Crippen LogP contribution < -0.4 is 14.8 Å². The molecule has 26 heavy (non-hydrogen) atoms. The summed E-state index contributed by atoms with van der Waals surface area (Å²) in [6, 6.07) is 7.27. The van der Waals surface area contributed by atoms with Gasteiger partial charge in [0.25, 0.3) is 0 Å². The van der Waals surface area contributed by atoms with Crippen molar-refractivity contribution in [3.63, 3.8) is 0 Å². The van der Waals surface area contributed by atoms with Gasteiger partial charge < -0.3 is 15.2 Å². The van der Waals surface area contributed by atoms with Crippen LogP contribution in [0.25, 0.3) is 0 Å². The van der Waals surface area contributed by atoms with Crippen LogP contribution in [-0.2, 0) is 14.8 Å². The molecule has 0 atom stereocenters. The first kappa shape index (κ1) is 20.5. The summed E-state index contributed by atoms with van der Waals surface area (Å²) >= 11 is 0. The second-order valence-corrected chi connectivity index (χ2v) is 9.29. The molecule has 8 heteroatoms. The van der Waals surface area contributed by atoms with Crippen LogP contribution in [0.3, 0.4) is 0 Å². The lowest BCUT2D eigenvalue weighted by atomic mass is 9.86. The molecule has 1 saturated carbocycles. The van der Waals surface area contributed by atoms with Gasteiger partial charge in [0.05, 0.1) is 5.25 Å². The number of carbonyl (C=O) groups is 1. The van der Waals surface area contributed by atoms with Gasteiger partial charge in [-0.2, -0.15) is 0 Å². The highest BCUT2D eigenvalue weighted by Gasteiger charge is 2.26. The molecular formula is C18H28N2O5S. The van der Waals surface area contributed by atoms with E-state index in [9.17, 15) is 13.2 Å². The Kier molecular flexibility index (Phi) is 7.28. The van der Waals surface area contributed by atoms with Crippen LogP contribution in [0.1, 0.15) is 39.5 Å². The molecule has 1 fully saturated rings. The molecule has 0 aliphatic heterocycles. The number of benzene rings is 1.